The Morgan fingerprint density at radius 3 is 2.79 bits per heavy atom. The van der Waals surface area contributed by atoms with Crippen molar-refractivity contribution in [3.63, 3.8) is 0 Å². The minimum absolute atomic E-state index is 0.387. The number of fused-ring (bicyclic) bond motifs is 1. The molecule has 0 radical (unpaired) electrons. The van der Waals surface area contributed by atoms with E-state index in [4.69, 9.17) is 11.6 Å². The van der Waals surface area contributed by atoms with Crippen molar-refractivity contribution in [2.75, 3.05) is 0 Å². The first-order chi connectivity index (χ1) is 6.59. The largest absolute Gasteiger partial charge is 0.326 e. The smallest absolute Gasteiger partial charge is 0.131 e. The molecule has 3 nitrogen and oxygen atoms in total. The standard InChI is InChI=1S/C10H12ClN3/c1-6(2)14-7(3)13-8-5-12-10(11)4-9(8)14/h4-6H,1-3H3. The van der Waals surface area contributed by atoms with E-state index in [0.717, 1.165) is 16.9 Å². The SMILES string of the molecule is Cc1nc2cnc(Cl)cc2n1C(C)C. The number of aromatic nitrogens is 3. The van der Waals surface area contributed by atoms with E-state index in [9.17, 15) is 0 Å². The molecule has 0 unspecified atom stereocenters. The summed E-state index contributed by atoms with van der Waals surface area (Å²) in [6.07, 6.45) is 1.71. The van der Waals surface area contributed by atoms with Crippen LogP contribution in [0.4, 0.5) is 0 Å². The highest BCUT2D eigenvalue weighted by atomic mass is 35.5. The van der Waals surface area contributed by atoms with Crippen molar-refractivity contribution in [1.29, 1.82) is 0 Å². The van der Waals surface area contributed by atoms with Gasteiger partial charge in [0.15, 0.2) is 0 Å². The molecule has 0 aliphatic carbocycles. The Labute approximate surface area is 87.7 Å². The van der Waals surface area contributed by atoms with Crippen molar-refractivity contribution >= 4 is 22.6 Å². The van der Waals surface area contributed by atoms with E-state index in [-0.39, 0.29) is 0 Å². The van der Waals surface area contributed by atoms with Crippen LogP contribution in [0.15, 0.2) is 12.3 Å². The molecule has 0 N–H and O–H groups in total. The molecule has 0 saturated carbocycles. The van der Waals surface area contributed by atoms with Crippen LogP contribution >= 0.6 is 11.6 Å². The van der Waals surface area contributed by atoms with Crippen LogP contribution < -0.4 is 0 Å². The van der Waals surface area contributed by atoms with E-state index in [1.165, 1.54) is 0 Å². The van der Waals surface area contributed by atoms with Crippen LogP contribution in [0.25, 0.3) is 11.0 Å². The van der Waals surface area contributed by atoms with Crippen molar-refractivity contribution in [3.8, 4) is 0 Å². The molecule has 0 amide bonds. The number of aryl methyl sites for hydroxylation is 1. The molecular weight excluding hydrogens is 198 g/mol. The number of nitrogens with zero attached hydrogens (tertiary/aromatic N) is 3. The predicted octanol–water partition coefficient (Wildman–Crippen LogP) is 2.97. The summed E-state index contributed by atoms with van der Waals surface area (Å²) < 4.78 is 2.16. The molecule has 0 saturated heterocycles. The van der Waals surface area contributed by atoms with E-state index >= 15 is 0 Å². The molecule has 14 heavy (non-hydrogen) atoms. The van der Waals surface area contributed by atoms with Gasteiger partial charge in [0.25, 0.3) is 0 Å². The molecule has 0 aliphatic heterocycles. The third kappa shape index (κ3) is 1.38. The molecular formula is C10H12ClN3. The average Bonchev–Trinajstić information content (AvgIpc) is 2.40. The number of hydrogen-bond donors (Lipinski definition) is 0. The third-order valence-electron chi connectivity index (χ3n) is 2.24. The molecule has 2 heterocycles. The Morgan fingerprint density at radius 1 is 1.43 bits per heavy atom. The van der Waals surface area contributed by atoms with Gasteiger partial charge in [-0.3, -0.25) is 0 Å². The van der Waals surface area contributed by atoms with Gasteiger partial charge in [-0.05, 0) is 20.8 Å². The quantitative estimate of drug-likeness (QED) is 0.676. The van der Waals surface area contributed by atoms with Gasteiger partial charge in [0, 0.05) is 12.1 Å². The van der Waals surface area contributed by atoms with Crippen LogP contribution in [0.1, 0.15) is 25.7 Å². The minimum Gasteiger partial charge on any atom is -0.326 e. The summed E-state index contributed by atoms with van der Waals surface area (Å²) in [4.78, 5) is 8.43. The molecule has 0 aromatic carbocycles. The molecule has 4 heteroatoms. The summed E-state index contributed by atoms with van der Waals surface area (Å²) in [7, 11) is 0. The molecule has 2 aromatic heterocycles. The first-order valence-corrected chi connectivity index (χ1v) is 4.97. The fraction of sp³-hybridized carbons (Fsp3) is 0.400. The summed E-state index contributed by atoms with van der Waals surface area (Å²) in [6.45, 7) is 6.25. The second-order valence-corrected chi connectivity index (χ2v) is 4.01. The van der Waals surface area contributed by atoms with Gasteiger partial charge in [-0.1, -0.05) is 11.6 Å². The normalized spacial score (nSPS) is 11.5. The van der Waals surface area contributed by atoms with Gasteiger partial charge in [0.05, 0.1) is 11.7 Å². The van der Waals surface area contributed by atoms with Gasteiger partial charge in [-0.2, -0.15) is 0 Å². The molecule has 2 rings (SSSR count). The maximum absolute atomic E-state index is 5.85. The lowest BCUT2D eigenvalue weighted by atomic mass is 10.3. The van der Waals surface area contributed by atoms with E-state index in [0.29, 0.717) is 11.2 Å². The van der Waals surface area contributed by atoms with E-state index in [1.807, 2.05) is 13.0 Å². The topological polar surface area (TPSA) is 30.7 Å². The van der Waals surface area contributed by atoms with Gasteiger partial charge in [0.2, 0.25) is 0 Å². The van der Waals surface area contributed by atoms with Gasteiger partial charge >= 0.3 is 0 Å². The fourth-order valence-electron chi connectivity index (χ4n) is 1.75. The summed E-state index contributed by atoms with van der Waals surface area (Å²) in [5, 5.41) is 0.513. The predicted molar refractivity (Wildman–Crippen MR) is 57.7 cm³/mol. The molecule has 0 spiro atoms. The zero-order chi connectivity index (χ0) is 10.3. The van der Waals surface area contributed by atoms with Crippen molar-refractivity contribution in [2.24, 2.45) is 0 Å². The van der Waals surface area contributed by atoms with Crippen LogP contribution in [0, 0.1) is 6.92 Å². The van der Waals surface area contributed by atoms with E-state index in [2.05, 4.69) is 28.4 Å². The Morgan fingerprint density at radius 2 is 2.14 bits per heavy atom. The number of imidazole rings is 1. The summed E-state index contributed by atoms with van der Waals surface area (Å²) in [5.41, 5.74) is 1.96. The highest BCUT2D eigenvalue weighted by molar-refractivity contribution is 6.29. The van der Waals surface area contributed by atoms with Gasteiger partial charge in [-0.15, -0.1) is 0 Å². The van der Waals surface area contributed by atoms with Crippen molar-refractivity contribution < 1.29 is 0 Å². The zero-order valence-electron chi connectivity index (χ0n) is 8.45. The van der Waals surface area contributed by atoms with Crippen LogP contribution in [0.3, 0.4) is 0 Å². The van der Waals surface area contributed by atoms with E-state index < -0.39 is 0 Å². The minimum atomic E-state index is 0.387. The third-order valence-corrected chi connectivity index (χ3v) is 2.44. The van der Waals surface area contributed by atoms with Crippen LogP contribution in [0.5, 0.6) is 0 Å². The van der Waals surface area contributed by atoms with Crippen molar-refractivity contribution in [1.82, 2.24) is 14.5 Å². The summed E-state index contributed by atoms with van der Waals surface area (Å²) in [5.74, 6) is 0.999. The van der Waals surface area contributed by atoms with Crippen LogP contribution in [0.2, 0.25) is 5.15 Å². The van der Waals surface area contributed by atoms with Gasteiger partial charge in [-0.25, -0.2) is 9.97 Å². The molecule has 74 valence electrons. The lowest BCUT2D eigenvalue weighted by Gasteiger charge is -2.10. The van der Waals surface area contributed by atoms with Gasteiger partial charge in [0.1, 0.15) is 16.5 Å². The average molecular weight is 210 g/mol. The van der Waals surface area contributed by atoms with Crippen molar-refractivity contribution in [3.05, 3.63) is 23.2 Å². The van der Waals surface area contributed by atoms with Crippen LogP contribution in [-0.2, 0) is 0 Å². The molecule has 2 aromatic rings. The second-order valence-electron chi connectivity index (χ2n) is 3.62. The Kier molecular flexibility index (Phi) is 2.19. The molecule has 0 fully saturated rings. The lowest BCUT2D eigenvalue weighted by Crippen LogP contribution is -2.02. The summed E-state index contributed by atoms with van der Waals surface area (Å²) in [6, 6.07) is 2.25. The Hall–Kier alpha value is -1.09. The first kappa shape index (κ1) is 9.46. The Bertz CT molecular complexity index is 473. The maximum Gasteiger partial charge on any atom is 0.131 e. The first-order valence-electron chi connectivity index (χ1n) is 4.59. The Balaban J connectivity index is 2.79. The van der Waals surface area contributed by atoms with Crippen molar-refractivity contribution in [2.45, 2.75) is 26.8 Å². The highest BCUT2D eigenvalue weighted by Gasteiger charge is 2.10. The number of rotatable bonds is 1. The highest BCUT2D eigenvalue weighted by Crippen LogP contribution is 2.21. The van der Waals surface area contributed by atoms with Crippen LogP contribution in [-0.4, -0.2) is 14.5 Å². The molecule has 0 bridgehead atoms. The second kappa shape index (κ2) is 3.24. The molecule has 0 aliphatic rings. The number of halogens is 1. The number of pyridine rings is 1. The lowest BCUT2D eigenvalue weighted by molar-refractivity contribution is 0.600. The zero-order valence-corrected chi connectivity index (χ0v) is 9.21. The maximum atomic E-state index is 5.85. The fourth-order valence-corrected chi connectivity index (χ4v) is 1.90. The monoisotopic (exact) mass is 209 g/mol. The molecule has 0 atom stereocenters. The summed E-state index contributed by atoms with van der Waals surface area (Å²) >= 11 is 5.85. The van der Waals surface area contributed by atoms with Gasteiger partial charge < -0.3 is 4.57 Å². The van der Waals surface area contributed by atoms with E-state index in [1.54, 1.807) is 6.20 Å². The number of hydrogen-bond acceptors (Lipinski definition) is 2.